The van der Waals surface area contributed by atoms with Gasteiger partial charge in [0.1, 0.15) is 6.33 Å². The predicted molar refractivity (Wildman–Crippen MR) is 47.7 cm³/mol. The summed E-state index contributed by atoms with van der Waals surface area (Å²) in [6.45, 7) is 4.03. The Morgan fingerprint density at radius 3 is 3.00 bits per heavy atom. The van der Waals surface area contributed by atoms with Gasteiger partial charge in [-0.15, -0.1) is 10.2 Å². The molecule has 1 N–H and O–H groups in total. The molecular weight excluding hydrogens is 168 g/mol. The topological polar surface area (TPSA) is 63.1 Å². The molecule has 0 aromatic carbocycles. The second-order valence-electron chi connectivity index (χ2n) is 3.26. The van der Waals surface area contributed by atoms with Crippen molar-refractivity contribution in [3.63, 3.8) is 0 Å². The van der Waals surface area contributed by atoms with E-state index < -0.39 is 0 Å². The van der Waals surface area contributed by atoms with Gasteiger partial charge in [0.15, 0.2) is 0 Å². The smallest absolute Gasteiger partial charge is 0.293 e. The molecule has 68 valence electrons. The van der Waals surface area contributed by atoms with Crippen LogP contribution >= 0.6 is 0 Å². The number of H-pyrrole nitrogens is 1. The number of nitrogens with one attached hydrogen (secondary N) is 1. The third kappa shape index (κ3) is 1.22. The zero-order valence-corrected chi connectivity index (χ0v) is 7.48. The van der Waals surface area contributed by atoms with Crippen LogP contribution in [0.15, 0.2) is 17.3 Å². The van der Waals surface area contributed by atoms with Crippen LogP contribution in [0.25, 0.3) is 5.65 Å². The second kappa shape index (κ2) is 2.69. The highest BCUT2D eigenvalue weighted by molar-refractivity contribution is 5.33. The molecule has 0 saturated carbocycles. The average Bonchev–Trinajstić information content (AvgIpc) is 2.51. The van der Waals surface area contributed by atoms with Crippen LogP contribution in [0.1, 0.15) is 25.5 Å². The molecule has 2 aromatic rings. The van der Waals surface area contributed by atoms with Crippen molar-refractivity contribution in [2.75, 3.05) is 0 Å². The number of rotatable bonds is 1. The molecule has 0 aliphatic heterocycles. The fraction of sp³-hybridized carbons (Fsp3) is 0.375. The highest BCUT2D eigenvalue weighted by Crippen LogP contribution is 2.08. The Morgan fingerprint density at radius 1 is 1.54 bits per heavy atom. The molecule has 2 heterocycles. The minimum atomic E-state index is -0.191. The summed E-state index contributed by atoms with van der Waals surface area (Å²) in [7, 11) is 0. The van der Waals surface area contributed by atoms with Crippen molar-refractivity contribution >= 4 is 5.65 Å². The van der Waals surface area contributed by atoms with Gasteiger partial charge in [-0.25, -0.2) is 0 Å². The van der Waals surface area contributed by atoms with Gasteiger partial charge in [-0.2, -0.15) is 0 Å². The highest BCUT2D eigenvalue weighted by atomic mass is 16.1. The average molecular weight is 178 g/mol. The molecule has 0 radical (unpaired) electrons. The summed E-state index contributed by atoms with van der Waals surface area (Å²) in [5.41, 5.74) is 1.03. The summed E-state index contributed by atoms with van der Waals surface area (Å²) < 4.78 is 1.63. The van der Waals surface area contributed by atoms with Crippen LogP contribution < -0.4 is 5.56 Å². The Balaban J connectivity index is 2.77. The normalized spacial score (nSPS) is 11.3. The fourth-order valence-electron chi connectivity index (χ4n) is 1.16. The molecule has 0 amide bonds. The molecular formula is C8H10N4O. The van der Waals surface area contributed by atoms with E-state index in [1.165, 1.54) is 6.33 Å². The van der Waals surface area contributed by atoms with E-state index in [4.69, 9.17) is 0 Å². The number of aromatic amines is 1. The van der Waals surface area contributed by atoms with Crippen molar-refractivity contribution in [3.8, 4) is 0 Å². The number of aromatic nitrogens is 4. The third-order valence-corrected chi connectivity index (χ3v) is 1.93. The summed E-state index contributed by atoms with van der Waals surface area (Å²) >= 11 is 0. The monoisotopic (exact) mass is 178 g/mol. The minimum Gasteiger partial charge on any atom is -0.321 e. The Bertz CT molecular complexity index is 482. The summed E-state index contributed by atoms with van der Waals surface area (Å²) in [5, 5.41) is 7.34. The van der Waals surface area contributed by atoms with Crippen LogP contribution in [0, 0.1) is 0 Å². The molecule has 13 heavy (non-hydrogen) atoms. The molecule has 5 nitrogen and oxygen atoms in total. The summed E-state index contributed by atoms with van der Waals surface area (Å²) in [4.78, 5) is 14.1. The number of fused-ring (bicyclic) bond motifs is 1. The summed E-state index contributed by atoms with van der Waals surface area (Å²) in [5.74, 6) is 0.291. The van der Waals surface area contributed by atoms with Gasteiger partial charge in [-0.3, -0.25) is 9.20 Å². The van der Waals surface area contributed by atoms with Gasteiger partial charge in [0.2, 0.25) is 5.65 Å². The third-order valence-electron chi connectivity index (χ3n) is 1.93. The van der Waals surface area contributed by atoms with E-state index in [9.17, 15) is 4.79 Å². The molecule has 0 aliphatic carbocycles. The van der Waals surface area contributed by atoms with Crippen molar-refractivity contribution in [3.05, 3.63) is 28.6 Å². The van der Waals surface area contributed by atoms with Crippen molar-refractivity contribution in [1.29, 1.82) is 0 Å². The Morgan fingerprint density at radius 2 is 2.31 bits per heavy atom. The van der Waals surface area contributed by atoms with Crippen molar-refractivity contribution in [2.24, 2.45) is 0 Å². The lowest BCUT2D eigenvalue weighted by Gasteiger charge is -2.03. The van der Waals surface area contributed by atoms with Gasteiger partial charge in [-0.05, 0) is 5.92 Å². The first kappa shape index (κ1) is 7.97. The number of hydrogen-bond acceptors (Lipinski definition) is 3. The number of nitrogens with zero attached hydrogens (tertiary/aromatic N) is 3. The molecule has 0 aliphatic rings. The van der Waals surface area contributed by atoms with E-state index in [0.29, 0.717) is 11.6 Å². The van der Waals surface area contributed by atoms with E-state index in [-0.39, 0.29) is 5.56 Å². The van der Waals surface area contributed by atoms with E-state index in [1.54, 1.807) is 4.40 Å². The molecule has 0 fully saturated rings. The highest BCUT2D eigenvalue weighted by Gasteiger charge is 2.05. The lowest BCUT2D eigenvalue weighted by molar-refractivity contribution is 0.800. The maximum atomic E-state index is 11.4. The first-order chi connectivity index (χ1) is 6.18. The zero-order chi connectivity index (χ0) is 9.42. The SMILES string of the molecule is CC(C)c1cn2cnnc2c(=O)[nH]1. The predicted octanol–water partition coefficient (Wildman–Crippen LogP) is 0.541. The molecule has 2 rings (SSSR count). The zero-order valence-electron chi connectivity index (χ0n) is 7.48. The van der Waals surface area contributed by atoms with Crippen LogP contribution in [0.2, 0.25) is 0 Å². The van der Waals surface area contributed by atoms with Crippen molar-refractivity contribution in [2.45, 2.75) is 19.8 Å². The molecule has 5 heteroatoms. The van der Waals surface area contributed by atoms with Gasteiger partial charge in [0.05, 0.1) is 0 Å². The molecule has 2 aromatic heterocycles. The Hall–Kier alpha value is -1.65. The van der Waals surface area contributed by atoms with Crippen molar-refractivity contribution in [1.82, 2.24) is 19.6 Å². The maximum absolute atomic E-state index is 11.4. The van der Waals surface area contributed by atoms with Gasteiger partial charge >= 0.3 is 0 Å². The van der Waals surface area contributed by atoms with Gasteiger partial charge in [-0.1, -0.05) is 13.8 Å². The van der Waals surface area contributed by atoms with Crippen molar-refractivity contribution < 1.29 is 0 Å². The summed E-state index contributed by atoms with van der Waals surface area (Å²) in [6, 6.07) is 0. The quantitative estimate of drug-likeness (QED) is 0.693. The lowest BCUT2D eigenvalue weighted by Crippen LogP contribution is -2.13. The van der Waals surface area contributed by atoms with E-state index in [0.717, 1.165) is 5.69 Å². The minimum absolute atomic E-state index is 0.191. The van der Waals surface area contributed by atoms with Crippen LogP contribution in [0.5, 0.6) is 0 Å². The lowest BCUT2D eigenvalue weighted by atomic mass is 10.1. The van der Waals surface area contributed by atoms with Crippen LogP contribution in [-0.4, -0.2) is 19.6 Å². The van der Waals surface area contributed by atoms with Crippen LogP contribution in [0.3, 0.4) is 0 Å². The molecule has 0 saturated heterocycles. The Labute approximate surface area is 74.4 Å². The van der Waals surface area contributed by atoms with Crippen LogP contribution in [0.4, 0.5) is 0 Å². The van der Waals surface area contributed by atoms with Gasteiger partial charge in [0.25, 0.3) is 5.56 Å². The Kier molecular flexibility index (Phi) is 1.65. The largest absolute Gasteiger partial charge is 0.321 e. The standard InChI is InChI=1S/C8H10N4O/c1-5(2)6-3-12-4-9-11-7(12)8(13)10-6/h3-5H,1-2H3,(H,10,13). The number of hydrogen-bond donors (Lipinski definition) is 1. The molecule has 0 spiro atoms. The van der Waals surface area contributed by atoms with Gasteiger partial charge < -0.3 is 4.98 Å². The van der Waals surface area contributed by atoms with E-state index >= 15 is 0 Å². The molecule has 0 bridgehead atoms. The fourth-order valence-corrected chi connectivity index (χ4v) is 1.16. The van der Waals surface area contributed by atoms with Crippen LogP contribution in [-0.2, 0) is 0 Å². The molecule has 0 atom stereocenters. The first-order valence-electron chi connectivity index (χ1n) is 4.11. The maximum Gasteiger partial charge on any atom is 0.293 e. The van der Waals surface area contributed by atoms with E-state index in [2.05, 4.69) is 15.2 Å². The summed E-state index contributed by atoms with van der Waals surface area (Å²) in [6.07, 6.45) is 3.36. The second-order valence-corrected chi connectivity index (χ2v) is 3.26. The van der Waals surface area contributed by atoms with Gasteiger partial charge in [0, 0.05) is 11.9 Å². The molecule has 0 unspecified atom stereocenters. The van der Waals surface area contributed by atoms with E-state index in [1.807, 2.05) is 20.0 Å². The first-order valence-corrected chi connectivity index (χ1v) is 4.11.